The van der Waals surface area contributed by atoms with Gasteiger partial charge in [-0.15, -0.1) is 0 Å². The van der Waals surface area contributed by atoms with Crippen molar-refractivity contribution in [3.63, 3.8) is 0 Å². The van der Waals surface area contributed by atoms with Crippen LogP contribution in [0, 0.1) is 17.6 Å². The number of rotatable bonds is 8. The normalized spacial score (nSPS) is 13.8. The Labute approximate surface area is 256 Å². The molecule has 4 aromatic heterocycles. The van der Waals surface area contributed by atoms with E-state index in [0.29, 0.717) is 44.6 Å². The summed E-state index contributed by atoms with van der Waals surface area (Å²) < 4.78 is 54.2. The molecule has 0 spiro atoms. The minimum atomic E-state index is -3.23. The summed E-state index contributed by atoms with van der Waals surface area (Å²) in [6.45, 7) is 0. The molecule has 1 aliphatic carbocycles. The molecule has 3 N–H and O–H groups in total. The van der Waals surface area contributed by atoms with Crippen molar-refractivity contribution in [2.24, 2.45) is 5.92 Å². The van der Waals surface area contributed by atoms with Crippen LogP contribution >= 0.6 is 0 Å². The second-order valence-corrected chi connectivity index (χ2v) is 13.6. The van der Waals surface area contributed by atoms with E-state index in [0.717, 1.165) is 25.5 Å². The molecule has 1 amide bonds. The lowest BCUT2D eigenvalue weighted by molar-refractivity contribution is -0.122. The number of hydrogen-bond donors (Lipinski definition) is 3. The summed E-state index contributed by atoms with van der Waals surface area (Å²) in [6, 6.07) is 11.1. The van der Waals surface area contributed by atoms with Crippen LogP contribution in [0.25, 0.3) is 55.8 Å². The number of anilines is 1. The summed E-state index contributed by atoms with van der Waals surface area (Å²) in [7, 11) is -3.23. The van der Waals surface area contributed by atoms with Crippen LogP contribution in [-0.4, -0.2) is 56.5 Å². The Morgan fingerprint density at radius 2 is 1.89 bits per heavy atom. The van der Waals surface area contributed by atoms with Crippen LogP contribution in [0.15, 0.2) is 61.1 Å². The van der Waals surface area contributed by atoms with Gasteiger partial charge in [-0.25, -0.2) is 27.2 Å². The Balaban J connectivity index is 1.26. The monoisotopic (exact) mass is 627 g/mol. The van der Waals surface area contributed by atoms with Gasteiger partial charge < -0.3 is 10.3 Å². The lowest BCUT2D eigenvalue weighted by Gasteiger charge is -2.24. The molecule has 6 aromatic rings. The number of H-pyrrole nitrogens is 2. The highest BCUT2D eigenvalue weighted by Gasteiger charge is 2.26. The summed E-state index contributed by atoms with van der Waals surface area (Å²) in [5.74, 6) is -0.970. The molecule has 13 heteroatoms. The molecule has 0 aliphatic heterocycles. The first-order valence-corrected chi connectivity index (χ1v) is 16.4. The fraction of sp³-hybridized carbons (Fsp3) is 0.219. The fourth-order valence-electron chi connectivity index (χ4n) is 5.55. The van der Waals surface area contributed by atoms with E-state index >= 15 is 4.39 Å². The number of fused-ring (bicyclic) bond motifs is 2. The first-order valence-electron chi connectivity index (χ1n) is 14.4. The van der Waals surface area contributed by atoms with Gasteiger partial charge in [-0.3, -0.25) is 14.9 Å². The van der Waals surface area contributed by atoms with Gasteiger partial charge in [0.1, 0.15) is 27.2 Å². The zero-order chi connectivity index (χ0) is 31.3. The largest absolute Gasteiger partial charge is 0.335 e. The molecule has 2 aromatic carbocycles. The van der Waals surface area contributed by atoms with Crippen LogP contribution in [-0.2, 0) is 21.1 Å². The molecule has 0 bridgehead atoms. The third-order valence-electron chi connectivity index (χ3n) is 8.11. The number of imidazole rings is 1. The minimum Gasteiger partial charge on any atom is -0.335 e. The molecule has 0 unspecified atom stereocenters. The number of carbonyl (C=O) groups is 1. The van der Waals surface area contributed by atoms with Crippen LogP contribution in [0.5, 0.6) is 0 Å². The van der Waals surface area contributed by atoms with Gasteiger partial charge in [-0.05, 0) is 66.8 Å². The highest BCUT2D eigenvalue weighted by atomic mass is 32.2. The second-order valence-electron chi connectivity index (χ2n) is 11.4. The zero-order valence-electron chi connectivity index (χ0n) is 24.1. The Kier molecular flexibility index (Phi) is 7.11. The predicted octanol–water partition coefficient (Wildman–Crippen LogP) is 5.83. The van der Waals surface area contributed by atoms with Crippen molar-refractivity contribution >= 4 is 43.5 Å². The first kappa shape index (κ1) is 28.7. The lowest BCUT2D eigenvalue weighted by Crippen LogP contribution is -2.28. The first-order chi connectivity index (χ1) is 21.6. The summed E-state index contributed by atoms with van der Waals surface area (Å²) in [4.78, 5) is 28.8. The van der Waals surface area contributed by atoms with Gasteiger partial charge in [-0.2, -0.15) is 5.10 Å². The van der Waals surface area contributed by atoms with Crippen LogP contribution in [0.4, 0.5) is 14.5 Å². The molecule has 4 heterocycles. The topological polar surface area (TPSA) is 146 Å². The molecule has 1 aliphatic rings. The molecule has 1 fully saturated rings. The number of nitrogens with zero attached hydrogens (tertiary/aromatic N) is 4. The van der Waals surface area contributed by atoms with Gasteiger partial charge in [-0.1, -0.05) is 12.5 Å². The van der Waals surface area contributed by atoms with Gasteiger partial charge in [0.15, 0.2) is 11.5 Å². The quantitative estimate of drug-likeness (QED) is 0.192. The summed E-state index contributed by atoms with van der Waals surface area (Å²) in [6.07, 6.45) is 8.67. The molecule has 45 heavy (non-hydrogen) atoms. The molecule has 10 nitrogen and oxygen atoms in total. The van der Waals surface area contributed by atoms with Crippen molar-refractivity contribution < 1.29 is 22.0 Å². The van der Waals surface area contributed by atoms with E-state index in [2.05, 4.69) is 35.5 Å². The van der Waals surface area contributed by atoms with E-state index in [4.69, 9.17) is 0 Å². The van der Waals surface area contributed by atoms with E-state index in [1.807, 2.05) is 0 Å². The Morgan fingerprint density at radius 3 is 2.67 bits per heavy atom. The van der Waals surface area contributed by atoms with Crippen LogP contribution in [0.1, 0.15) is 24.8 Å². The number of nitrogens with one attached hydrogen (secondary N) is 3. The maximum absolute atomic E-state index is 16.2. The number of aryl methyl sites for hydroxylation is 1. The molecule has 0 saturated heterocycles. The Morgan fingerprint density at radius 1 is 1.04 bits per heavy atom. The minimum absolute atomic E-state index is 0.00288. The summed E-state index contributed by atoms with van der Waals surface area (Å²) in [5, 5.41) is 10.3. The fourth-order valence-corrected chi connectivity index (χ4v) is 6.16. The molecule has 0 radical (unpaired) electrons. The van der Waals surface area contributed by atoms with Gasteiger partial charge in [0, 0.05) is 41.3 Å². The average Bonchev–Trinajstić information content (AvgIpc) is 3.60. The molecule has 0 atom stereocenters. The van der Waals surface area contributed by atoms with Gasteiger partial charge in [0.05, 0.1) is 34.1 Å². The van der Waals surface area contributed by atoms with Gasteiger partial charge in [0.2, 0.25) is 5.91 Å². The van der Waals surface area contributed by atoms with Crippen molar-refractivity contribution in [3.05, 3.63) is 78.3 Å². The Bertz CT molecular complexity index is 2230. The third-order valence-corrected chi connectivity index (χ3v) is 9.05. The average molecular weight is 628 g/mol. The number of pyridine rings is 2. The predicted molar refractivity (Wildman–Crippen MR) is 167 cm³/mol. The molecular formula is C32H27F2N7O3S. The van der Waals surface area contributed by atoms with Crippen LogP contribution < -0.4 is 5.32 Å². The van der Waals surface area contributed by atoms with Gasteiger partial charge >= 0.3 is 0 Å². The molecule has 1 saturated carbocycles. The van der Waals surface area contributed by atoms with E-state index in [-0.39, 0.29) is 46.5 Å². The summed E-state index contributed by atoms with van der Waals surface area (Å²) >= 11 is 0. The third kappa shape index (κ3) is 5.66. The van der Waals surface area contributed by atoms with E-state index in [1.54, 1.807) is 30.3 Å². The van der Waals surface area contributed by atoms with Crippen molar-refractivity contribution in [2.45, 2.75) is 25.7 Å². The molecule has 228 valence electrons. The number of aromatic nitrogens is 6. The van der Waals surface area contributed by atoms with Crippen LogP contribution in [0.3, 0.4) is 0 Å². The van der Waals surface area contributed by atoms with E-state index in [9.17, 15) is 17.6 Å². The van der Waals surface area contributed by atoms with Gasteiger partial charge in [0.25, 0.3) is 0 Å². The number of aromatic amines is 2. The standard InChI is InChI=1S/C32H27F2N7O3S/c1-45(43,44)10-8-17-11-19(13-21(33)12-17)24-7-9-36-30-28(24)38-31(39-30)29-26-25(40-41-29)6-5-23(27(26)34)20-14-22(16-35-15-20)37-32(42)18-3-2-4-18/h5-7,9,11-16,18H,2-4,8,10H2,1H3,(H,37,42)(H,40,41)(H,36,38,39). The number of halogens is 2. The summed E-state index contributed by atoms with van der Waals surface area (Å²) in [5.41, 5.74) is 4.36. The highest BCUT2D eigenvalue weighted by Crippen LogP contribution is 2.36. The number of hydrogen-bond acceptors (Lipinski definition) is 7. The number of sulfone groups is 1. The number of amides is 1. The SMILES string of the molecule is CS(=O)(=O)CCc1cc(F)cc(-c2ccnc3nc(-c4n[nH]c5ccc(-c6cncc(NC(=O)C7CCC7)c6)c(F)c45)[nH]c23)c1. The van der Waals surface area contributed by atoms with Crippen molar-refractivity contribution in [3.8, 4) is 33.8 Å². The smallest absolute Gasteiger partial charge is 0.227 e. The molecule has 7 rings (SSSR count). The lowest BCUT2D eigenvalue weighted by atomic mass is 9.85. The molecular weight excluding hydrogens is 600 g/mol. The zero-order valence-corrected chi connectivity index (χ0v) is 24.9. The Hall–Kier alpha value is -5.04. The maximum atomic E-state index is 16.2. The van der Waals surface area contributed by atoms with Crippen LogP contribution in [0.2, 0.25) is 0 Å². The highest BCUT2D eigenvalue weighted by molar-refractivity contribution is 7.90. The number of benzene rings is 2. The van der Waals surface area contributed by atoms with Crippen molar-refractivity contribution in [1.82, 2.24) is 30.1 Å². The van der Waals surface area contributed by atoms with Crippen molar-refractivity contribution in [1.29, 1.82) is 0 Å². The maximum Gasteiger partial charge on any atom is 0.227 e. The number of carbonyl (C=O) groups excluding carboxylic acids is 1. The van der Waals surface area contributed by atoms with Crippen molar-refractivity contribution in [2.75, 3.05) is 17.3 Å². The van der Waals surface area contributed by atoms with E-state index < -0.39 is 21.5 Å². The van der Waals surface area contributed by atoms with E-state index in [1.165, 1.54) is 30.7 Å². The second kappa shape index (κ2) is 11.1.